The minimum atomic E-state index is -0.479. The molecule has 4 heteroatoms. The summed E-state index contributed by atoms with van der Waals surface area (Å²) in [5.74, 6) is -0.220. The molecule has 0 spiro atoms. The molecule has 0 saturated heterocycles. The van der Waals surface area contributed by atoms with Gasteiger partial charge in [-0.25, -0.2) is 0 Å². The van der Waals surface area contributed by atoms with E-state index < -0.39 is 5.41 Å². The summed E-state index contributed by atoms with van der Waals surface area (Å²) < 4.78 is 0. The van der Waals surface area contributed by atoms with E-state index in [-0.39, 0.29) is 33.5 Å². The monoisotopic (exact) mass is 358 g/mol. The average Bonchev–Trinajstić information content (AvgIpc) is 2.46. The van der Waals surface area contributed by atoms with E-state index in [1.165, 1.54) is 0 Å². The molecule has 0 amide bonds. The van der Waals surface area contributed by atoms with Crippen molar-refractivity contribution in [1.82, 2.24) is 0 Å². The van der Waals surface area contributed by atoms with Crippen molar-refractivity contribution in [3.05, 3.63) is 23.8 Å². The van der Waals surface area contributed by atoms with Gasteiger partial charge in [0.15, 0.2) is 11.6 Å². The van der Waals surface area contributed by atoms with Crippen molar-refractivity contribution in [2.75, 3.05) is 0 Å². The Morgan fingerprint density at radius 1 is 0.923 bits per heavy atom. The third kappa shape index (κ3) is 13.1. The SMILES string of the molecule is C=C(C#N)C(=O)CCC(C)(C)C.CC(C)(C)/C=C(\C#N)C(=O)C(C)(C)C. The Morgan fingerprint density at radius 3 is 1.65 bits per heavy atom. The van der Waals surface area contributed by atoms with Crippen LogP contribution < -0.4 is 0 Å². The van der Waals surface area contributed by atoms with E-state index in [1.54, 1.807) is 12.1 Å². The van der Waals surface area contributed by atoms with Crippen molar-refractivity contribution in [1.29, 1.82) is 10.5 Å². The molecule has 0 aliphatic carbocycles. The lowest BCUT2D eigenvalue weighted by atomic mass is 9.83. The van der Waals surface area contributed by atoms with Gasteiger partial charge in [0.05, 0.1) is 11.1 Å². The van der Waals surface area contributed by atoms with Crippen molar-refractivity contribution >= 4 is 11.6 Å². The van der Waals surface area contributed by atoms with E-state index in [9.17, 15) is 9.59 Å². The fraction of sp³-hybridized carbons (Fsp3) is 0.636. The minimum absolute atomic E-state index is 0.0688. The van der Waals surface area contributed by atoms with Crippen LogP contribution in [0.3, 0.4) is 0 Å². The maximum Gasteiger partial charge on any atom is 0.178 e. The standard InChI is InChI=1S/C12H19NO.C10H15NO/c1-11(2,3)7-9(8-13)10(14)12(4,5)6;1-8(7-11)9(12)5-6-10(2,3)4/h7H,1-6H3;1,5-6H2,2-4H3/b9-7+;. The molecule has 0 aliphatic heterocycles. The van der Waals surface area contributed by atoms with Gasteiger partial charge in [0.25, 0.3) is 0 Å². The summed E-state index contributed by atoms with van der Waals surface area (Å²) in [6.45, 7) is 20.9. The number of Topliss-reactive ketones (excluding diaryl/α,β-unsaturated/α-hetero) is 2. The summed E-state index contributed by atoms with van der Waals surface area (Å²) >= 11 is 0. The molecule has 0 radical (unpaired) electrons. The molecule has 26 heavy (non-hydrogen) atoms. The molecule has 0 rings (SSSR count). The second-order valence-electron chi connectivity index (χ2n) is 9.69. The molecule has 0 heterocycles. The summed E-state index contributed by atoms with van der Waals surface area (Å²) in [6, 6.07) is 3.73. The van der Waals surface area contributed by atoms with Gasteiger partial charge in [0, 0.05) is 11.8 Å². The van der Waals surface area contributed by atoms with Gasteiger partial charge in [-0.1, -0.05) is 75.0 Å². The summed E-state index contributed by atoms with van der Waals surface area (Å²) in [5, 5.41) is 17.2. The molecular formula is C22H34N2O2. The molecule has 144 valence electrons. The molecule has 0 fully saturated rings. The highest BCUT2D eigenvalue weighted by atomic mass is 16.1. The zero-order valence-electron chi connectivity index (χ0n) is 17.9. The van der Waals surface area contributed by atoms with E-state index in [0.717, 1.165) is 6.42 Å². The van der Waals surface area contributed by atoms with E-state index >= 15 is 0 Å². The van der Waals surface area contributed by atoms with Gasteiger partial charge in [0.1, 0.15) is 12.1 Å². The summed E-state index contributed by atoms with van der Waals surface area (Å²) in [7, 11) is 0. The summed E-state index contributed by atoms with van der Waals surface area (Å²) in [5.41, 5.74) is -0.131. The Labute approximate surface area is 159 Å². The maximum atomic E-state index is 11.8. The van der Waals surface area contributed by atoms with E-state index in [4.69, 9.17) is 10.5 Å². The fourth-order valence-corrected chi connectivity index (χ4v) is 1.69. The highest BCUT2D eigenvalue weighted by Crippen LogP contribution is 2.24. The van der Waals surface area contributed by atoms with Crippen LogP contribution in [0.4, 0.5) is 0 Å². The zero-order valence-corrected chi connectivity index (χ0v) is 17.9. The molecule has 4 nitrogen and oxygen atoms in total. The fourth-order valence-electron chi connectivity index (χ4n) is 1.69. The third-order valence-corrected chi connectivity index (χ3v) is 3.20. The van der Waals surface area contributed by atoms with Crippen LogP contribution in [-0.2, 0) is 9.59 Å². The van der Waals surface area contributed by atoms with E-state index in [0.29, 0.717) is 6.42 Å². The second-order valence-corrected chi connectivity index (χ2v) is 9.69. The topological polar surface area (TPSA) is 81.7 Å². The molecule has 0 aliphatic rings. The van der Waals surface area contributed by atoms with Crippen LogP contribution in [0.15, 0.2) is 23.8 Å². The van der Waals surface area contributed by atoms with Crippen molar-refractivity contribution in [2.24, 2.45) is 16.2 Å². The van der Waals surface area contributed by atoms with Crippen LogP contribution in [-0.4, -0.2) is 11.6 Å². The molecular weight excluding hydrogens is 324 g/mol. The Morgan fingerprint density at radius 2 is 1.38 bits per heavy atom. The van der Waals surface area contributed by atoms with Crippen LogP contribution in [0.25, 0.3) is 0 Å². The molecule has 0 aromatic heterocycles. The van der Waals surface area contributed by atoms with Gasteiger partial charge in [-0.3, -0.25) is 9.59 Å². The quantitative estimate of drug-likeness (QED) is 0.486. The number of hydrogen-bond donors (Lipinski definition) is 0. The summed E-state index contributed by atoms with van der Waals surface area (Å²) in [4.78, 5) is 22.9. The first-order valence-corrected chi connectivity index (χ1v) is 8.74. The van der Waals surface area contributed by atoms with E-state index in [1.807, 2.05) is 47.6 Å². The molecule has 0 atom stereocenters. The largest absolute Gasteiger partial charge is 0.293 e. The van der Waals surface area contributed by atoms with E-state index in [2.05, 4.69) is 27.4 Å². The third-order valence-electron chi connectivity index (χ3n) is 3.20. The van der Waals surface area contributed by atoms with Gasteiger partial charge in [-0.05, 0) is 17.3 Å². The molecule has 0 aromatic carbocycles. The van der Waals surface area contributed by atoms with Gasteiger partial charge >= 0.3 is 0 Å². The smallest absolute Gasteiger partial charge is 0.178 e. The first-order valence-electron chi connectivity index (χ1n) is 8.74. The number of ketones is 2. The lowest BCUT2D eigenvalue weighted by molar-refractivity contribution is -0.122. The Balaban J connectivity index is 0. The first-order chi connectivity index (χ1) is 11.4. The van der Waals surface area contributed by atoms with Crippen LogP contribution in [0.5, 0.6) is 0 Å². The number of allylic oxidation sites excluding steroid dienone is 3. The first kappa shape index (κ1) is 26.0. The summed E-state index contributed by atoms with van der Waals surface area (Å²) in [6.07, 6.45) is 2.96. The highest BCUT2D eigenvalue weighted by molar-refractivity contribution is 6.02. The number of carbonyl (C=O) groups is 2. The Kier molecular flexibility index (Phi) is 10.1. The van der Waals surface area contributed by atoms with Gasteiger partial charge in [-0.2, -0.15) is 10.5 Å². The molecule has 0 unspecified atom stereocenters. The minimum Gasteiger partial charge on any atom is -0.293 e. The van der Waals surface area contributed by atoms with Crippen molar-refractivity contribution in [3.63, 3.8) is 0 Å². The lowest BCUT2D eigenvalue weighted by Gasteiger charge is -2.18. The number of nitrogens with zero attached hydrogens (tertiary/aromatic N) is 2. The van der Waals surface area contributed by atoms with Crippen LogP contribution in [0.2, 0.25) is 0 Å². The molecule has 0 N–H and O–H groups in total. The Bertz CT molecular complexity index is 634. The number of nitriles is 2. The van der Waals surface area contributed by atoms with Crippen molar-refractivity contribution in [3.8, 4) is 12.1 Å². The highest BCUT2D eigenvalue weighted by Gasteiger charge is 2.26. The Hall–Kier alpha value is -2.20. The maximum absolute atomic E-state index is 11.8. The normalized spacial score (nSPS) is 12.2. The molecule has 0 saturated carbocycles. The predicted octanol–water partition coefficient (Wildman–Crippen LogP) is 5.56. The molecule has 0 bridgehead atoms. The van der Waals surface area contributed by atoms with Crippen LogP contribution in [0.1, 0.15) is 75.2 Å². The van der Waals surface area contributed by atoms with Crippen molar-refractivity contribution < 1.29 is 9.59 Å². The number of rotatable bonds is 4. The van der Waals surface area contributed by atoms with Crippen LogP contribution >= 0.6 is 0 Å². The number of hydrogen-bond acceptors (Lipinski definition) is 4. The second kappa shape index (κ2) is 10.1. The number of carbonyl (C=O) groups excluding carboxylic acids is 2. The van der Waals surface area contributed by atoms with Gasteiger partial charge in [-0.15, -0.1) is 0 Å². The van der Waals surface area contributed by atoms with Crippen LogP contribution in [0, 0.1) is 38.9 Å². The van der Waals surface area contributed by atoms with Crippen molar-refractivity contribution in [2.45, 2.75) is 75.2 Å². The van der Waals surface area contributed by atoms with Gasteiger partial charge < -0.3 is 0 Å². The van der Waals surface area contributed by atoms with Gasteiger partial charge in [0.2, 0.25) is 0 Å². The molecule has 0 aromatic rings. The zero-order chi connectivity index (χ0) is 21.3. The lowest BCUT2D eigenvalue weighted by Crippen LogP contribution is -2.22. The predicted molar refractivity (Wildman–Crippen MR) is 106 cm³/mol. The average molecular weight is 359 g/mol.